The number of amides is 1. The van der Waals surface area contributed by atoms with Gasteiger partial charge in [0.1, 0.15) is 0 Å². The molecule has 0 saturated heterocycles. The van der Waals surface area contributed by atoms with Crippen LogP contribution in [0.4, 0.5) is 5.69 Å². The van der Waals surface area contributed by atoms with Crippen LogP contribution in [0.3, 0.4) is 0 Å². The zero-order chi connectivity index (χ0) is 14.3. The highest BCUT2D eigenvalue weighted by molar-refractivity contribution is 8.01. The van der Waals surface area contributed by atoms with Gasteiger partial charge in [0.25, 0.3) is 5.91 Å². The van der Waals surface area contributed by atoms with Crippen molar-refractivity contribution < 1.29 is 4.79 Å². The largest absolute Gasteiger partial charge is 0.292 e. The highest BCUT2D eigenvalue weighted by Gasteiger charge is 2.49. The van der Waals surface area contributed by atoms with E-state index >= 15 is 0 Å². The molecule has 1 fully saturated rings. The van der Waals surface area contributed by atoms with E-state index in [9.17, 15) is 4.79 Å². The molecule has 106 valence electrons. The van der Waals surface area contributed by atoms with Crippen molar-refractivity contribution in [2.45, 2.75) is 35.4 Å². The molecule has 0 bridgehead atoms. The summed E-state index contributed by atoms with van der Waals surface area (Å²) < 4.78 is 0. The second kappa shape index (κ2) is 4.92. The van der Waals surface area contributed by atoms with Gasteiger partial charge >= 0.3 is 0 Å². The molecule has 1 aliphatic heterocycles. The number of benzene rings is 2. The van der Waals surface area contributed by atoms with Gasteiger partial charge in [0.2, 0.25) is 0 Å². The molecular weight excluding hydrogens is 278 g/mol. The number of anilines is 1. The summed E-state index contributed by atoms with van der Waals surface area (Å²) in [6.45, 7) is 0. The zero-order valence-electron chi connectivity index (χ0n) is 11.8. The number of para-hydroxylation sites is 1. The van der Waals surface area contributed by atoms with E-state index in [-0.39, 0.29) is 10.8 Å². The van der Waals surface area contributed by atoms with Crippen LogP contribution in [0, 0.1) is 0 Å². The number of rotatable bonds is 1. The summed E-state index contributed by atoms with van der Waals surface area (Å²) in [7, 11) is 0. The second-order valence-electron chi connectivity index (χ2n) is 5.73. The third-order valence-electron chi connectivity index (χ3n) is 4.42. The van der Waals surface area contributed by atoms with Crippen molar-refractivity contribution in [2.24, 2.45) is 0 Å². The van der Waals surface area contributed by atoms with E-state index in [1.807, 2.05) is 48.2 Å². The van der Waals surface area contributed by atoms with Crippen LogP contribution in [0.2, 0.25) is 0 Å². The van der Waals surface area contributed by atoms with Gasteiger partial charge in [-0.2, -0.15) is 0 Å². The number of hydrogen-bond acceptors (Lipinski definition) is 2. The Balaban J connectivity index is 1.81. The lowest BCUT2D eigenvalue weighted by Gasteiger charge is -2.34. The fourth-order valence-corrected chi connectivity index (χ4v) is 5.04. The maximum absolute atomic E-state index is 13.1. The van der Waals surface area contributed by atoms with E-state index in [1.165, 1.54) is 17.7 Å². The van der Waals surface area contributed by atoms with Crippen LogP contribution in [-0.4, -0.2) is 10.8 Å². The molecule has 1 amide bonds. The summed E-state index contributed by atoms with van der Waals surface area (Å²) in [5.41, 5.74) is 1.86. The first-order chi connectivity index (χ1) is 10.3. The Kier molecular flexibility index (Phi) is 3.03. The number of fused-ring (bicyclic) bond motifs is 1. The molecule has 1 saturated carbocycles. The molecule has 0 N–H and O–H groups in total. The Morgan fingerprint density at radius 1 is 0.952 bits per heavy atom. The molecule has 3 heteroatoms. The quantitative estimate of drug-likeness (QED) is 0.759. The average Bonchev–Trinajstić information content (AvgIpc) is 3.12. The Labute approximate surface area is 129 Å². The molecule has 21 heavy (non-hydrogen) atoms. The van der Waals surface area contributed by atoms with E-state index in [1.54, 1.807) is 0 Å². The molecule has 0 aromatic heterocycles. The van der Waals surface area contributed by atoms with Gasteiger partial charge in [-0.05, 0) is 37.1 Å². The minimum Gasteiger partial charge on any atom is -0.292 e. The van der Waals surface area contributed by atoms with Crippen LogP contribution in [-0.2, 0) is 0 Å². The molecule has 2 aliphatic rings. The molecule has 2 aromatic carbocycles. The van der Waals surface area contributed by atoms with Crippen LogP contribution >= 0.6 is 11.8 Å². The van der Waals surface area contributed by atoms with E-state index in [0.29, 0.717) is 0 Å². The van der Waals surface area contributed by atoms with Gasteiger partial charge in [0.05, 0.1) is 10.6 Å². The van der Waals surface area contributed by atoms with Crippen LogP contribution in [0.1, 0.15) is 36.0 Å². The summed E-state index contributed by atoms with van der Waals surface area (Å²) in [4.78, 5) is 16.3. The van der Waals surface area contributed by atoms with Crippen LogP contribution in [0.5, 0.6) is 0 Å². The van der Waals surface area contributed by atoms with Gasteiger partial charge in [-0.1, -0.05) is 54.9 Å². The predicted octanol–water partition coefficient (Wildman–Crippen LogP) is 4.71. The summed E-state index contributed by atoms with van der Waals surface area (Å²) >= 11 is 1.88. The Morgan fingerprint density at radius 2 is 1.62 bits per heavy atom. The Morgan fingerprint density at radius 3 is 2.38 bits per heavy atom. The molecule has 1 aliphatic carbocycles. The lowest BCUT2D eigenvalue weighted by atomic mass is 10.1. The number of nitrogens with zero attached hydrogens (tertiary/aromatic N) is 1. The lowest BCUT2D eigenvalue weighted by Crippen LogP contribution is -2.45. The molecule has 2 nitrogen and oxygen atoms in total. The van der Waals surface area contributed by atoms with Gasteiger partial charge in [-0.25, -0.2) is 0 Å². The van der Waals surface area contributed by atoms with Crippen molar-refractivity contribution in [2.75, 3.05) is 4.90 Å². The fraction of sp³-hybridized carbons (Fsp3) is 0.278. The summed E-state index contributed by atoms with van der Waals surface area (Å²) in [5, 5.41) is 0. The van der Waals surface area contributed by atoms with Gasteiger partial charge in [0, 0.05) is 10.5 Å². The highest BCUT2D eigenvalue weighted by Crippen LogP contribution is 2.57. The number of carbonyl (C=O) groups is 1. The fourth-order valence-electron chi connectivity index (χ4n) is 3.46. The Bertz CT molecular complexity index is 677. The average molecular weight is 295 g/mol. The maximum Gasteiger partial charge on any atom is 0.259 e. The van der Waals surface area contributed by atoms with Crippen molar-refractivity contribution in [1.29, 1.82) is 0 Å². The predicted molar refractivity (Wildman–Crippen MR) is 86.7 cm³/mol. The van der Waals surface area contributed by atoms with Crippen molar-refractivity contribution in [3.8, 4) is 0 Å². The van der Waals surface area contributed by atoms with E-state index in [0.717, 1.165) is 24.1 Å². The minimum absolute atomic E-state index is 0.0589. The third-order valence-corrected chi connectivity index (χ3v) is 5.96. The highest BCUT2D eigenvalue weighted by atomic mass is 32.2. The smallest absolute Gasteiger partial charge is 0.259 e. The number of carbonyl (C=O) groups excluding carboxylic acids is 1. The zero-order valence-corrected chi connectivity index (χ0v) is 12.6. The van der Waals surface area contributed by atoms with Gasteiger partial charge < -0.3 is 0 Å². The molecule has 0 radical (unpaired) electrons. The summed E-state index contributed by atoms with van der Waals surface area (Å²) in [6.07, 6.45) is 4.59. The minimum atomic E-state index is -0.0589. The van der Waals surface area contributed by atoms with Gasteiger partial charge in [0.15, 0.2) is 0 Å². The van der Waals surface area contributed by atoms with Crippen LogP contribution in [0.15, 0.2) is 59.5 Å². The normalized spacial score (nSPS) is 19.0. The maximum atomic E-state index is 13.1. The van der Waals surface area contributed by atoms with E-state index in [4.69, 9.17) is 0 Å². The second-order valence-corrected chi connectivity index (χ2v) is 7.13. The van der Waals surface area contributed by atoms with Gasteiger partial charge in [-0.3, -0.25) is 9.69 Å². The molecule has 0 atom stereocenters. The first-order valence-electron chi connectivity index (χ1n) is 7.48. The van der Waals surface area contributed by atoms with Crippen molar-refractivity contribution >= 4 is 23.4 Å². The molecule has 2 aromatic rings. The number of thioether (sulfide) groups is 1. The lowest BCUT2D eigenvalue weighted by molar-refractivity contribution is 0.0973. The molecule has 4 rings (SSSR count). The number of hydrogen-bond donors (Lipinski definition) is 0. The van der Waals surface area contributed by atoms with E-state index in [2.05, 4.69) is 23.1 Å². The molecule has 0 unspecified atom stereocenters. The summed E-state index contributed by atoms with van der Waals surface area (Å²) in [6, 6.07) is 18.0. The van der Waals surface area contributed by atoms with Crippen molar-refractivity contribution in [1.82, 2.24) is 0 Å². The van der Waals surface area contributed by atoms with E-state index < -0.39 is 0 Å². The van der Waals surface area contributed by atoms with Crippen LogP contribution in [0.25, 0.3) is 0 Å². The van der Waals surface area contributed by atoms with Gasteiger partial charge in [-0.15, -0.1) is 0 Å². The first-order valence-corrected chi connectivity index (χ1v) is 8.29. The monoisotopic (exact) mass is 295 g/mol. The molecule has 1 heterocycles. The SMILES string of the molecule is O=C(c1ccccc1)N1c2ccccc2SC12CCCC2. The Hall–Kier alpha value is -1.74. The molecule has 1 spiro atoms. The van der Waals surface area contributed by atoms with Crippen molar-refractivity contribution in [3.63, 3.8) is 0 Å². The summed E-state index contributed by atoms with van der Waals surface area (Å²) in [5.74, 6) is 0.134. The first kappa shape index (κ1) is 13.0. The topological polar surface area (TPSA) is 20.3 Å². The third kappa shape index (κ3) is 1.99. The standard InChI is InChI=1S/C18H17NOS/c20-17(14-8-2-1-3-9-14)19-15-10-4-5-11-16(15)21-18(19)12-6-7-13-18/h1-5,8-11H,6-7,12-13H2. The van der Waals surface area contributed by atoms with Crippen LogP contribution < -0.4 is 4.90 Å². The molecular formula is C18H17NOS. The van der Waals surface area contributed by atoms with Crippen molar-refractivity contribution in [3.05, 3.63) is 60.2 Å².